The highest BCUT2D eigenvalue weighted by atomic mass is 19.2. The van der Waals surface area contributed by atoms with Gasteiger partial charge in [-0.25, -0.2) is 8.78 Å². The maximum Gasteiger partial charge on any atom is 0.253 e. The monoisotopic (exact) mass is 345 g/mol. The molecule has 1 aliphatic rings. The van der Waals surface area contributed by atoms with Crippen molar-refractivity contribution in [3.05, 3.63) is 64.7 Å². The summed E-state index contributed by atoms with van der Waals surface area (Å²) < 4.78 is 31.9. The molecule has 0 N–H and O–H groups in total. The van der Waals surface area contributed by atoms with E-state index in [2.05, 4.69) is 0 Å². The van der Waals surface area contributed by atoms with Crippen LogP contribution in [0.1, 0.15) is 34.3 Å². The van der Waals surface area contributed by atoms with Crippen molar-refractivity contribution in [2.45, 2.75) is 32.8 Å². The summed E-state index contributed by atoms with van der Waals surface area (Å²) in [5.74, 6) is -1.46. The molecule has 0 saturated carbocycles. The fraction of sp³-hybridized carbons (Fsp3) is 0.350. The molecule has 3 nitrogen and oxygen atoms in total. The first-order chi connectivity index (χ1) is 11.9. The molecule has 3 rings (SSSR count). The van der Waals surface area contributed by atoms with Crippen LogP contribution in [-0.4, -0.2) is 30.0 Å². The first-order valence-corrected chi connectivity index (χ1v) is 8.42. The molecule has 1 saturated heterocycles. The topological polar surface area (TPSA) is 29.5 Å². The fourth-order valence-electron chi connectivity index (χ4n) is 2.98. The van der Waals surface area contributed by atoms with Gasteiger partial charge in [0, 0.05) is 37.6 Å². The molecule has 0 radical (unpaired) electrons. The highest BCUT2D eigenvalue weighted by Gasteiger charge is 2.25. The van der Waals surface area contributed by atoms with E-state index in [1.165, 1.54) is 6.07 Å². The van der Waals surface area contributed by atoms with Crippen LogP contribution in [0.2, 0.25) is 0 Å². The molecule has 0 unspecified atom stereocenters. The van der Waals surface area contributed by atoms with E-state index < -0.39 is 11.6 Å². The number of carbonyl (C=O) groups excluding carboxylic acids is 1. The number of aryl methyl sites for hydroxylation is 2. The second-order valence-electron chi connectivity index (χ2n) is 6.48. The van der Waals surface area contributed by atoms with Gasteiger partial charge in [-0.15, -0.1) is 0 Å². The van der Waals surface area contributed by atoms with Crippen molar-refractivity contribution < 1.29 is 18.3 Å². The number of likely N-dealkylation sites (tertiary alicyclic amines) is 1. The van der Waals surface area contributed by atoms with Crippen LogP contribution < -0.4 is 4.74 Å². The van der Waals surface area contributed by atoms with Crippen molar-refractivity contribution in [1.82, 2.24) is 4.90 Å². The number of nitrogens with zero attached hydrogens (tertiary/aromatic N) is 1. The van der Waals surface area contributed by atoms with Gasteiger partial charge in [-0.1, -0.05) is 6.07 Å². The van der Waals surface area contributed by atoms with Gasteiger partial charge >= 0.3 is 0 Å². The van der Waals surface area contributed by atoms with Crippen LogP contribution in [0.5, 0.6) is 5.75 Å². The van der Waals surface area contributed by atoms with Crippen LogP contribution in [-0.2, 0) is 0 Å². The molecule has 1 fully saturated rings. The molecule has 0 atom stereocenters. The third-order valence-electron chi connectivity index (χ3n) is 4.68. The Balaban J connectivity index is 1.58. The Morgan fingerprint density at radius 1 is 1.00 bits per heavy atom. The first-order valence-electron chi connectivity index (χ1n) is 8.42. The van der Waals surface area contributed by atoms with Crippen LogP contribution in [0.4, 0.5) is 8.78 Å². The van der Waals surface area contributed by atoms with E-state index in [0.717, 1.165) is 23.3 Å². The number of ether oxygens (including phenoxy) is 1. The van der Waals surface area contributed by atoms with Gasteiger partial charge in [0.2, 0.25) is 0 Å². The molecule has 1 amide bonds. The number of halogens is 2. The minimum atomic E-state index is -0.917. The lowest BCUT2D eigenvalue weighted by Gasteiger charge is -2.32. The predicted molar refractivity (Wildman–Crippen MR) is 91.8 cm³/mol. The molecule has 0 aromatic heterocycles. The van der Waals surface area contributed by atoms with Crippen molar-refractivity contribution in [3.8, 4) is 5.75 Å². The van der Waals surface area contributed by atoms with E-state index in [1.807, 2.05) is 36.9 Å². The zero-order valence-electron chi connectivity index (χ0n) is 14.4. The van der Waals surface area contributed by atoms with E-state index in [-0.39, 0.29) is 12.0 Å². The van der Waals surface area contributed by atoms with Crippen molar-refractivity contribution >= 4 is 5.91 Å². The van der Waals surface area contributed by atoms with Crippen molar-refractivity contribution in [2.75, 3.05) is 13.1 Å². The Hall–Kier alpha value is -2.43. The number of benzene rings is 2. The number of carbonyl (C=O) groups is 1. The first kappa shape index (κ1) is 17.4. The average Bonchev–Trinajstić information content (AvgIpc) is 2.61. The SMILES string of the molecule is Cc1ccc(C(=O)N2CCC(Oc3ccc(F)c(F)c3)CC2)cc1C. The number of hydrogen-bond donors (Lipinski definition) is 0. The van der Waals surface area contributed by atoms with E-state index >= 15 is 0 Å². The summed E-state index contributed by atoms with van der Waals surface area (Å²) in [6.07, 6.45) is 1.22. The summed E-state index contributed by atoms with van der Waals surface area (Å²) in [4.78, 5) is 14.4. The quantitative estimate of drug-likeness (QED) is 0.832. The minimum Gasteiger partial charge on any atom is -0.490 e. The summed E-state index contributed by atoms with van der Waals surface area (Å²) >= 11 is 0. The zero-order chi connectivity index (χ0) is 18.0. The highest BCUT2D eigenvalue weighted by molar-refractivity contribution is 5.94. The molecule has 0 spiro atoms. The standard InChI is InChI=1S/C20H21F2NO2/c1-13-3-4-15(11-14(13)2)20(24)23-9-7-16(8-10-23)25-17-5-6-18(21)19(22)12-17/h3-6,11-12,16H,7-10H2,1-2H3. The molecule has 132 valence electrons. The third-order valence-corrected chi connectivity index (χ3v) is 4.68. The van der Waals surface area contributed by atoms with Gasteiger partial charge in [0.15, 0.2) is 11.6 Å². The predicted octanol–water partition coefficient (Wildman–Crippen LogP) is 4.27. The Bertz CT molecular complexity index is 783. The van der Waals surface area contributed by atoms with E-state index in [1.54, 1.807) is 0 Å². The molecular weight excluding hydrogens is 324 g/mol. The van der Waals surface area contributed by atoms with Crippen LogP contribution >= 0.6 is 0 Å². The molecule has 25 heavy (non-hydrogen) atoms. The zero-order valence-corrected chi connectivity index (χ0v) is 14.4. The van der Waals surface area contributed by atoms with Gasteiger partial charge in [-0.3, -0.25) is 4.79 Å². The number of hydrogen-bond acceptors (Lipinski definition) is 2. The highest BCUT2D eigenvalue weighted by Crippen LogP contribution is 2.22. The van der Waals surface area contributed by atoms with Gasteiger partial charge in [0.05, 0.1) is 0 Å². The van der Waals surface area contributed by atoms with Crippen LogP contribution in [0.15, 0.2) is 36.4 Å². The van der Waals surface area contributed by atoms with Crippen LogP contribution in [0.3, 0.4) is 0 Å². The van der Waals surface area contributed by atoms with Gasteiger partial charge in [-0.05, 0) is 49.2 Å². The Kier molecular flexibility index (Phi) is 5.02. The summed E-state index contributed by atoms with van der Waals surface area (Å²) in [5, 5.41) is 0. The Labute approximate surface area is 146 Å². The lowest BCUT2D eigenvalue weighted by molar-refractivity contribution is 0.0595. The van der Waals surface area contributed by atoms with Gasteiger partial charge in [-0.2, -0.15) is 0 Å². The van der Waals surface area contributed by atoms with Crippen LogP contribution in [0.25, 0.3) is 0 Å². The molecule has 0 aliphatic carbocycles. The average molecular weight is 345 g/mol. The summed E-state index contributed by atoms with van der Waals surface area (Å²) in [7, 11) is 0. The lowest BCUT2D eigenvalue weighted by atomic mass is 10.0. The fourth-order valence-corrected chi connectivity index (χ4v) is 2.98. The van der Waals surface area contributed by atoms with Gasteiger partial charge in [0.1, 0.15) is 11.9 Å². The molecule has 5 heteroatoms. The van der Waals surface area contributed by atoms with Crippen molar-refractivity contribution in [2.24, 2.45) is 0 Å². The summed E-state index contributed by atoms with van der Waals surface area (Å²) in [6, 6.07) is 9.27. The van der Waals surface area contributed by atoms with Crippen molar-refractivity contribution in [3.63, 3.8) is 0 Å². The Morgan fingerprint density at radius 2 is 1.72 bits per heavy atom. The lowest BCUT2D eigenvalue weighted by Crippen LogP contribution is -2.41. The van der Waals surface area contributed by atoms with Gasteiger partial charge in [0.25, 0.3) is 5.91 Å². The molecule has 2 aromatic carbocycles. The van der Waals surface area contributed by atoms with Crippen LogP contribution in [0, 0.1) is 25.5 Å². The Morgan fingerprint density at radius 3 is 2.36 bits per heavy atom. The second kappa shape index (κ2) is 7.21. The molecular formula is C20H21F2NO2. The van der Waals surface area contributed by atoms with E-state index in [4.69, 9.17) is 4.74 Å². The largest absolute Gasteiger partial charge is 0.490 e. The van der Waals surface area contributed by atoms with E-state index in [0.29, 0.717) is 37.2 Å². The molecule has 1 aliphatic heterocycles. The normalized spacial score (nSPS) is 15.3. The van der Waals surface area contributed by atoms with E-state index in [9.17, 15) is 13.6 Å². The molecule has 2 aromatic rings. The third kappa shape index (κ3) is 3.98. The smallest absolute Gasteiger partial charge is 0.253 e. The number of piperidine rings is 1. The summed E-state index contributed by atoms with van der Waals surface area (Å²) in [5.41, 5.74) is 2.96. The second-order valence-corrected chi connectivity index (χ2v) is 6.48. The van der Waals surface area contributed by atoms with Crippen molar-refractivity contribution in [1.29, 1.82) is 0 Å². The maximum absolute atomic E-state index is 13.2. The number of rotatable bonds is 3. The number of amides is 1. The maximum atomic E-state index is 13.2. The minimum absolute atomic E-state index is 0.0226. The van der Waals surface area contributed by atoms with Gasteiger partial charge < -0.3 is 9.64 Å². The molecule has 1 heterocycles. The molecule has 0 bridgehead atoms. The summed E-state index contributed by atoms with van der Waals surface area (Å²) in [6.45, 7) is 5.18.